The van der Waals surface area contributed by atoms with Crippen molar-refractivity contribution in [2.45, 2.75) is 39.5 Å². The average Bonchev–Trinajstić information content (AvgIpc) is 3.16. The Balaban J connectivity index is 1.71. The fourth-order valence-electron chi connectivity index (χ4n) is 3.22. The van der Waals surface area contributed by atoms with Gasteiger partial charge in [0, 0.05) is 25.0 Å². The van der Waals surface area contributed by atoms with E-state index in [1.54, 1.807) is 6.20 Å². The van der Waals surface area contributed by atoms with E-state index in [1.165, 1.54) is 0 Å². The van der Waals surface area contributed by atoms with Crippen LogP contribution in [0.15, 0.2) is 16.8 Å². The predicted molar refractivity (Wildman–Crippen MR) is 81.5 cm³/mol. The SMILES string of the molecule is CCc1noc(C)c1C(=O)N1CCC[C@H](Cc2ccn[nH]2)C1. The van der Waals surface area contributed by atoms with Gasteiger partial charge in [-0.15, -0.1) is 0 Å². The molecule has 0 bridgehead atoms. The van der Waals surface area contributed by atoms with Crippen molar-refractivity contribution in [1.29, 1.82) is 0 Å². The van der Waals surface area contributed by atoms with Crippen LogP contribution in [-0.2, 0) is 12.8 Å². The van der Waals surface area contributed by atoms with Crippen LogP contribution in [0.2, 0.25) is 0 Å². The largest absolute Gasteiger partial charge is 0.361 e. The number of H-pyrrole nitrogens is 1. The standard InChI is InChI=1S/C16H22N4O2/c1-3-14-15(11(2)22-19-14)16(21)20-8-4-5-12(10-20)9-13-6-7-17-18-13/h6-7,12H,3-5,8-10H2,1-2H3,(H,17,18)/t12-/m1/s1. The summed E-state index contributed by atoms with van der Waals surface area (Å²) in [5.41, 5.74) is 2.55. The monoisotopic (exact) mass is 302 g/mol. The van der Waals surface area contributed by atoms with Crippen LogP contribution in [0.25, 0.3) is 0 Å². The van der Waals surface area contributed by atoms with Crippen molar-refractivity contribution in [2.75, 3.05) is 13.1 Å². The number of hydrogen-bond donors (Lipinski definition) is 1. The topological polar surface area (TPSA) is 75.0 Å². The van der Waals surface area contributed by atoms with Crippen molar-refractivity contribution in [2.24, 2.45) is 5.92 Å². The van der Waals surface area contributed by atoms with E-state index in [0.717, 1.165) is 43.7 Å². The van der Waals surface area contributed by atoms with Gasteiger partial charge >= 0.3 is 0 Å². The van der Waals surface area contributed by atoms with Gasteiger partial charge in [0.15, 0.2) is 0 Å². The van der Waals surface area contributed by atoms with Gasteiger partial charge in [-0.1, -0.05) is 12.1 Å². The second-order valence-corrected chi connectivity index (χ2v) is 5.96. The van der Waals surface area contributed by atoms with E-state index in [9.17, 15) is 4.79 Å². The van der Waals surface area contributed by atoms with Crippen LogP contribution in [0.5, 0.6) is 0 Å². The third-order valence-electron chi connectivity index (χ3n) is 4.36. The van der Waals surface area contributed by atoms with E-state index >= 15 is 0 Å². The summed E-state index contributed by atoms with van der Waals surface area (Å²) in [6.45, 7) is 5.40. The summed E-state index contributed by atoms with van der Waals surface area (Å²) < 4.78 is 5.20. The Kier molecular flexibility index (Phi) is 4.27. The molecule has 0 aromatic carbocycles. The third kappa shape index (κ3) is 2.91. The van der Waals surface area contributed by atoms with Gasteiger partial charge in [0.2, 0.25) is 0 Å². The number of nitrogens with zero attached hydrogens (tertiary/aromatic N) is 3. The predicted octanol–water partition coefficient (Wildman–Crippen LogP) is 2.36. The third-order valence-corrected chi connectivity index (χ3v) is 4.36. The van der Waals surface area contributed by atoms with Crippen LogP contribution in [0, 0.1) is 12.8 Å². The van der Waals surface area contributed by atoms with E-state index in [4.69, 9.17) is 4.52 Å². The maximum Gasteiger partial charge on any atom is 0.259 e. The Bertz CT molecular complexity index is 633. The first-order valence-electron chi connectivity index (χ1n) is 7.91. The number of hydrogen-bond acceptors (Lipinski definition) is 4. The fourth-order valence-corrected chi connectivity index (χ4v) is 3.22. The molecule has 6 heteroatoms. The van der Waals surface area contributed by atoms with E-state index in [2.05, 4.69) is 15.4 Å². The molecule has 3 rings (SSSR count). The molecule has 118 valence electrons. The van der Waals surface area contributed by atoms with Crippen LogP contribution < -0.4 is 0 Å². The second-order valence-electron chi connectivity index (χ2n) is 5.96. The van der Waals surface area contributed by atoms with Crippen LogP contribution in [0.4, 0.5) is 0 Å². The van der Waals surface area contributed by atoms with Crippen molar-refractivity contribution >= 4 is 5.91 Å². The Labute approximate surface area is 129 Å². The minimum Gasteiger partial charge on any atom is -0.361 e. The first kappa shape index (κ1) is 14.8. The van der Waals surface area contributed by atoms with E-state index in [1.807, 2.05) is 24.8 Å². The number of aromatic amines is 1. The van der Waals surface area contributed by atoms with Crippen LogP contribution in [0.1, 0.15) is 47.3 Å². The number of aryl methyl sites for hydroxylation is 2. The molecule has 1 atom stereocenters. The number of amides is 1. The van der Waals surface area contributed by atoms with E-state index < -0.39 is 0 Å². The molecule has 1 fully saturated rings. The van der Waals surface area contributed by atoms with Gasteiger partial charge in [0.25, 0.3) is 5.91 Å². The van der Waals surface area contributed by atoms with E-state index in [0.29, 0.717) is 23.7 Å². The van der Waals surface area contributed by atoms with Crippen molar-refractivity contribution in [1.82, 2.24) is 20.3 Å². The number of nitrogens with one attached hydrogen (secondary N) is 1. The van der Waals surface area contributed by atoms with Gasteiger partial charge in [0.1, 0.15) is 11.3 Å². The van der Waals surface area contributed by atoms with Crippen LogP contribution in [0.3, 0.4) is 0 Å². The molecule has 3 heterocycles. The normalized spacial score (nSPS) is 18.6. The fraction of sp³-hybridized carbons (Fsp3) is 0.562. The molecule has 0 spiro atoms. The minimum absolute atomic E-state index is 0.0601. The Hall–Kier alpha value is -2.11. The molecule has 1 aliphatic heterocycles. The molecule has 2 aromatic rings. The summed E-state index contributed by atoms with van der Waals surface area (Å²) in [5.74, 6) is 1.16. The zero-order valence-corrected chi connectivity index (χ0v) is 13.1. The molecular weight excluding hydrogens is 280 g/mol. The van der Waals surface area contributed by atoms with Crippen molar-refractivity contribution in [3.8, 4) is 0 Å². The molecule has 0 saturated carbocycles. The highest BCUT2D eigenvalue weighted by atomic mass is 16.5. The van der Waals surface area contributed by atoms with Gasteiger partial charge in [-0.3, -0.25) is 9.89 Å². The number of rotatable bonds is 4. The summed E-state index contributed by atoms with van der Waals surface area (Å²) in [5, 5.41) is 11.0. The zero-order valence-electron chi connectivity index (χ0n) is 13.1. The molecule has 0 radical (unpaired) electrons. The molecule has 0 unspecified atom stereocenters. The highest BCUT2D eigenvalue weighted by Crippen LogP contribution is 2.24. The van der Waals surface area contributed by atoms with Gasteiger partial charge in [-0.25, -0.2) is 0 Å². The van der Waals surface area contributed by atoms with Gasteiger partial charge < -0.3 is 9.42 Å². The van der Waals surface area contributed by atoms with Crippen LogP contribution in [-0.4, -0.2) is 39.3 Å². The first-order chi connectivity index (χ1) is 10.7. The number of carbonyl (C=O) groups is 1. The number of aromatic nitrogens is 3. The van der Waals surface area contributed by atoms with Crippen molar-refractivity contribution in [3.63, 3.8) is 0 Å². The van der Waals surface area contributed by atoms with Crippen LogP contribution >= 0.6 is 0 Å². The smallest absolute Gasteiger partial charge is 0.259 e. The summed E-state index contributed by atoms with van der Waals surface area (Å²) in [6, 6.07) is 2.00. The highest BCUT2D eigenvalue weighted by Gasteiger charge is 2.29. The summed E-state index contributed by atoms with van der Waals surface area (Å²) in [7, 11) is 0. The lowest BCUT2D eigenvalue weighted by Gasteiger charge is -2.32. The highest BCUT2D eigenvalue weighted by molar-refractivity contribution is 5.96. The van der Waals surface area contributed by atoms with Gasteiger partial charge in [-0.05, 0) is 44.6 Å². The number of likely N-dealkylation sites (tertiary alicyclic amines) is 1. The maximum absolute atomic E-state index is 12.8. The molecule has 1 saturated heterocycles. The lowest BCUT2D eigenvalue weighted by atomic mass is 9.93. The van der Waals surface area contributed by atoms with Crippen molar-refractivity contribution < 1.29 is 9.32 Å². The minimum atomic E-state index is 0.0601. The Morgan fingerprint density at radius 1 is 1.55 bits per heavy atom. The number of piperidine rings is 1. The molecule has 22 heavy (non-hydrogen) atoms. The lowest BCUT2D eigenvalue weighted by Crippen LogP contribution is -2.41. The Morgan fingerprint density at radius 3 is 3.14 bits per heavy atom. The lowest BCUT2D eigenvalue weighted by molar-refractivity contribution is 0.0670. The average molecular weight is 302 g/mol. The molecule has 1 N–H and O–H groups in total. The summed E-state index contributed by atoms with van der Waals surface area (Å²) >= 11 is 0. The molecule has 0 aliphatic carbocycles. The van der Waals surface area contributed by atoms with Crippen molar-refractivity contribution in [3.05, 3.63) is 35.0 Å². The molecule has 2 aromatic heterocycles. The number of carbonyl (C=O) groups excluding carboxylic acids is 1. The summed E-state index contributed by atoms with van der Waals surface area (Å²) in [6.07, 6.45) is 5.61. The zero-order chi connectivity index (χ0) is 15.5. The summed E-state index contributed by atoms with van der Waals surface area (Å²) in [4.78, 5) is 14.8. The Morgan fingerprint density at radius 2 is 2.41 bits per heavy atom. The van der Waals surface area contributed by atoms with E-state index in [-0.39, 0.29) is 5.91 Å². The molecular formula is C16H22N4O2. The molecule has 1 amide bonds. The van der Waals surface area contributed by atoms with Gasteiger partial charge in [0.05, 0.1) is 5.69 Å². The van der Waals surface area contributed by atoms with Gasteiger partial charge in [-0.2, -0.15) is 5.10 Å². The maximum atomic E-state index is 12.8. The second kappa shape index (κ2) is 6.34. The molecule has 1 aliphatic rings. The first-order valence-corrected chi connectivity index (χ1v) is 7.91. The molecule has 6 nitrogen and oxygen atoms in total. The quantitative estimate of drug-likeness (QED) is 0.940.